The molecule has 3 heteroatoms. The summed E-state index contributed by atoms with van der Waals surface area (Å²) in [6, 6.07) is 4.60. The van der Waals surface area contributed by atoms with Gasteiger partial charge in [-0.1, -0.05) is 6.07 Å². The molecule has 70 valence electrons. The maximum absolute atomic E-state index is 10.7. The smallest absolute Gasteiger partial charge is 0.150 e. The molecular weight excluding hydrogens is 166 g/mol. The molecule has 0 saturated carbocycles. The van der Waals surface area contributed by atoms with Gasteiger partial charge in [0.2, 0.25) is 0 Å². The fraction of sp³-hybridized carbons (Fsp3) is 0.300. The zero-order chi connectivity index (χ0) is 10.1. The first-order chi connectivity index (χ1) is 5.95. The minimum Gasteiger partial charge on any atom is -0.508 e. The molecule has 13 heavy (non-hydrogen) atoms. The zero-order valence-corrected chi connectivity index (χ0v) is 7.74. The number of nitrogens with two attached hydrogens (primary N) is 1. The van der Waals surface area contributed by atoms with E-state index in [9.17, 15) is 4.79 Å². The van der Waals surface area contributed by atoms with Crippen molar-refractivity contribution in [2.24, 2.45) is 5.73 Å². The van der Waals surface area contributed by atoms with Gasteiger partial charge in [-0.25, -0.2) is 0 Å². The summed E-state index contributed by atoms with van der Waals surface area (Å²) in [4.78, 5) is 10.7. The molecule has 0 saturated heterocycles. The van der Waals surface area contributed by atoms with E-state index in [0.717, 1.165) is 5.56 Å². The second-order valence-corrected chi connectivity index (χ2v) is 3.61. The lowest BCUT2D eigenvalue weighted by molar-refractivity contribution is 0.112. The Morgan fingerprint density at radius 3 is 2.54 bits per heavy atom. The van der Waals surface area contributed by atoms with Crippen LogP contribution in [-0.4, -0.2) is 11.4 Å². The Morgan fingerprint density at radius 2 is 2.08 bits per heavy atom. The summed E-state index contributed by atoms with van der Waals surface area (Å²) < 4.78 is 0. The molecule has 3 N–H and O–H groups in total. The molecule has 0 bridgehead atoms. The zero-order valence-electron chi connectivity index (χ0n) is 7.74. The number of carbonyl (C=O) groups is 1. The van der Waals surface area contributed by atoms with E-state index in [4.69, 9.17) is 10.8 Å². The van der Waals surface area contributed by atoms with E-state index in [1.165, 1.54) is 12.1 Å². The van der Waals surface area contributed by atoms with E-state index < -0.39 is 5.54 Å². The molecular formula is C10H13NO2. The second kappa shape index (κ2) is 3.18. The minimum atomic E-state index is -0.566. The Labute approximate surface area is 77.2 Å². The van der Waals surface area contributed by atoms with Crippen LogP contribution in [0.3, 0.4) is 0 Å². The molecule has 1 aromatic rings. The SMILES string of the molecule is CC(C)(N)c1ccc(O)cc1C=O. The maximum atomic E-state index is 10.7. The summed E-state index contributed by atoms with van der Waals surface area (Å²) in [5.41, 5.74) is 6.45. The van der Waals surface area contributed by atoms with Gasteiger partial charge in [0.1, 0.15) is 5.75 Å². The van der Waals surface area contributed by atoms with Crippen LogP contribution in [0.1, 0.15) is 29.8 Å². The highest BCUT2D eigenvalue weighted by Crippen LogP contribution is 2.23. The largest absolute Gasteiger partial charge is 0.508 e. The maximum Gasteiger partial charge on any atom is 0.150 e. The van der Waals surface area contributed by atoms with E-state index in [2.05, 4.69) is 0 Å². The van der Waals surface area contributed by atoms with Gasteiger partial charge in [0.05, 0.1) is 0 Å². The predicted molar refractivity (Wildman–Crippen MR) is 50.7 cm³/mol. The van der Waals surface area contributed by atoms with Gasteiger partial charge in [0.25, 0.3) is 0 Å². The summed E-state index contributed by atoms with van der Waals surface area (Å²) in [5, 5.41) is 9.13. The Bertz CT molecular complexity index is 326. The van der Waals surface area contributed by atoms with Crippen LogP contribution in [0.15, 0.2) is 18.2 Å². The van der Waals surface area contributed by atoms with Crippen molar-refractivity contribution in [2.75, 3.05) is 0 Å². The molecule has 0 aliphatic heterocycles. The first kappa shape index (κ1) is 9.74. The molecule has 0 radical (unpaired) electrons. The molecule has 1 aromatic carbocycles. The van der Waals surface area contributed by atoms with Crippen LogP contribution in [-0.2, 0) is 5.54 Å². The normalized spacial score (nSPS) is 11.3. The number of hydrogen-bond acceptors (Lipinski definition) is 3. The van der Waals surface area contributed by atoms with Gasteiger partial charge in [0.15, 0.2) is 6.29 Å². The number of hydrogen-bond donors (Lipinski definition) is 2. The van der Waals surface area contributed by atoms with Crippen molar-refractivity contribution < 1.29 is 9.90 Å². The first-order valence-electron chi connectivity index (χ1n) is 4.02. The first-order valence-corrected chi connectivity index (χ1v) is 4.02. The van der Waals surface area contributed by atoms with Crippen molar-refractivity contribution in [1.82, 2.24) is 0 Å². The third-order valence-electron chi connectivity index (χ3n) is 1.86. The molecule has 0 fully saturated rings. The van der Waals surface area contributed by atoms with Crippen LogP contribution < -0.4 is 5.73 Å². The van der Waals surface area contributed by atoms with Crippen LogP contribution in [0.4, 0.5) is 0 Å². The molecule has 1 rings (SSSR count). The third-order valence-corrected chi connectivity index (χ3v) is 1.86. The Kier molecular flexibility index (Phi) is 2.38. The Hall–Kier alpha value is -1.35. The number of carbonyl (C=O) groups excluding carboxylic acids is 1. The number of aldehydes is 1. The van der Waals surface area contributed by atoms with Crippen molar-refractivity contribution in [2.45, 2.75) is 19.4 Å². The molecule has 0 atom stereocenters. The van der Waals surface area contributed by atoms with Crippen LogP contribution in [0.25, 0.3) is 0 Å². The molecule has 3 nitrogen and oxygen atoms in total. The van der Waals surface area contributed by atoms with E-state index >= 15 is 0 Å². The predicted octanol–water partition coefficient (Wildman–Crippen LogP) is 1.40. The van der Waals surface area contributed by atoms with Crippen molar-refractivity contribution >= 4 is 6.29 Å². The highest BCUT2D eigenvalue weighted by molar-refractivity contribution is 5.78. The molecule has 0 spiro atoms. The van der Waals surface area contributed by atoms with Crippen LogP contribution in [0.2, 0.25) is 0 Å². The number of phenolic OH excluding ortho intramolecular Hbond substituents is 1. The van der Waals surface area contributed by atoms with Crippen molar-refractivity contribution in [3.05, 3.63) is 29.3 Å². The number of rotatable bonds is 2. The summed E-state index contributed by atoms with van der Waals surface area (Å²) in [5.74, 6) is 0.0788. The lowest BCUT2D eigenvalue weighted by Gasteiger charge is -2.20. The fourth-order valence-corrected chi connectivity index (χ4v) is 1.23. The van der Waals surface area contributed by atoms with Crippen LogP contribution >= 0.6 is 0 Å². The van der Waals surface area contributed by atoms with Crippen LogP contribution in [0.5, 0.6) is 5.75 Å². The summed E-state index contributed by atoms with van der Waals surface area (Å²) in [6.07, 6.45) is 0.698. The van der Waals surface area contributed by atoms with Gasteiger partial charge in [-0.15, -0.1) is 0 Å². The van der Waals surface area contributed by atoms with E-state index in [1.807, 2.05) is 13.8 Å². The van der Waals surface area contributed by atoms with Crippen molar-refractivity contribution in [3.8, 4) is 5.75 Å². The number of phenols is 1. The molecule has 0 aromatic heterocycles. The lowest BCUT2D eigenvalue weighted by Crippen LogP contribution is -2.29. The summed E-state index contributed by atoms with van der Waals surface area (Å²) in [7, 11) is 0. The van der Waals surface area contributed by atoms with Gasteiger partial charge in [-0.2, -0.15) is 0 Å². The lowest BCUT2D eigenvalue weighted by atomic mass is 9.91. The van der Waals surface area contributed by atoms with Crippen molar-refractivity contribution in [3.63, 3.8) is 0 Å². The molecule has 0 aliphatic rings. The fourth-order valence-electron chi connectivity index (χ4n) is 1.23. The third kappa shape index (κ3) is 2.06. The Balaban J connectivity index is 3.29. The number of aromatic hydroxyl groups is 1. The summed E-state index contributed by atoms with van der Waals surface area (Å²) in [6.45, 7) is 3.62. The second-order valence-electron chi connectivity index (χ2n) is 3.61. The van der Waals surface area contributed by atoms with E-state index in [0.29, 0.717) is 11.8 Å². The standard InChI is InChI=1S/C10H13NO2/c1-10(2,11)9-4-3-8(13)5-7(9)6-12/h3-6,13H,11H2,1-2H3. The topological polar surface area (TPSA) is 63.3 Å². The van der Waals surface area contributed by atoms with Crippen LogP contribution in [0, 0.1) is 0 Å². The number of benzene rings is 1. The van der Waals surface area contributed by atoms with Gasteiger partial charge in [-0.3, -0.25) is 4.79 Å². The minimum absolute atomic E-state index is 0.0788. The Morgan fingerprint density at radius 1 is 1.46 bits per heavy atom. The molecule has 0 unspecified atom stereocenters. The quantitative estimate of drug-likeness (QED) is 0.674. The van der Waals surface area contributed by atoms with E-state index in [-0.39, 0.29) is 5.75 Å². The summed E-state index contributed by atoms with van der Waals surface area (Å²) >= 11 is 0. The molecule has 0 heterocycles. The highest BCUT2D eigenvalue weighted by atomic mass is 16.3. The van der Waals surface area contributed by atoms with E-state index in [1.54, 1.807) is 6.07 Å². The van der Waals surface area contributed by atoms with Gasteiger partial charge < -0.3 is 10.8 Å². The molecule has 0 amide bonds. The molecule has 0 aliphatic carbocycles. The van der Waals surface area contributed by atoms with Gasteiger partial charge in [-0.05, 0) is 31.5 Å². The van der Waals surface area contributed by atoms with Gasteiger partial charge >= 0.3 is 0 Å². The van der Waals surface area contributed by atoms with Gasteiger partial charge in [0, 0.05) is 11.1 Å². The average molecular weight is 179 g/mol. The highest BCUT2D eigenvalue weighted by Gasteiger charge is 2.17. The monoisotopic (exact) mass is 179 g/mol. The average Bonchev–Trinajstić information content (AvgIpc) is 2.01. The van der Waals surface area contributed by atoms with Crippen molar-refractivity contribution in [1.29, 1.82) is 0 Å².